The van der Waals surface area contributed by atoms with Gasteiger partial charge < -0.3 is 10.1 Å². The monoisotopic (exact) mass is 468 g/mol. The van der Waals surface area contributed by atoms with Gasteiger partial charge in [-0.25, -0.2) is 12.8 Å². The molecule has 172 valence electrons. The van der Waals surface area contributed by atoms with Crippen molar-refractivity contribution >= 4 is 21.6 Å². The van der Waals surface area contributed by atoms with Crippen molar-refractivity contribution in [2.24, 2.45) is 0 Å². The highest BCUT2D eigenvalue weighted by Gasteiger charge is 2.28. The normalized spacial score (nSPS) is 13.9. The van der Waals surface area contributed by atoms with Crippen LogP contribution in [-0.4, -0.2) is 31.8 Å². The minimum atomic E-state index is -3.74. The zero-order valence-corrected chi connectivity index (χ0v) is 19.3. The van der Waals surface area contributed by atoms with Crippen LogP contribution in [0.3, 0.4) is 0 Å². The van der Waals surface area contributed by atoms with Crippen molar-refractivity contribution in [2.75, 3.05) is 18.5 Å². The lowest BCUT2D eigenvalue weighted by Crippen LogP contribution is -2.36. The second-order valence-electron chi connectivity index (χ2n) is 8.06. The van der Waals surface area contributed by atoms with Crippen molar-refractivity contribution in [3.05, 3.63) is 88.7 Å². The Kier molecular flexibility index (Phi) is 6.49. The molecular weight excluding hydrogens is 443 g/mol. The van der Waals surface area contributed by atoms with Gasteiger partial charge in [0.05, 0.1) is 4.90 Å². The SMILES string of the molecule is Cc1cccc(OCC(=O)Nc2ccc3c(c2)CN(S(=O)(=O)c2ccc(F)cc2)CC3)c1C. The Morgan fingerprint density at radius 1 is 1.06 bits per heavy atom. The molecule has 0 atom stereocenters. The third kappa shape index (κ3) is 5.07. The predicted octanol–water partition coefficient (Wildman–Crippen LogP) is 4.21. The maximum absolute atomic E-state index is 13.2. The Morgan fingerprint density at radius 2 is 1.82 bits per heavy atom. The van der Waals surface area contributed by atoms with Gasteiger partial charge in [-0.05, 0) is 85.0 Å². The first-order chi connectivity index (χ1) is 15.7. The summed E-state index contributed by atoms with van der Waals surface area (Å²) in [5.74, 6) is -0.125. The fraction of sp³-hybridized carbons (Fsp3) is 0.240. The lowest BCUT2D eigenvalue weighted by molar-refractivity contribution is -0.118. The molecule has 0 fully saturated rings. The Balaban J connectivity index is 1.43. The molecule has 1 aliphatic heterocycles. The van der Waals surface area contributed by atoms with E-state index in [4.69, 9.17) is 4.74 Å². The van der Waals surface area contributed by atoms with Crippen molar-refractivity contribution < 1.29 is 22.3 Å². The summed E-state index contributed by atoms with van der Waals surface area (Å²) in [4.78, 5) is 12.5. The lowest BCUT2D eigenvalue weighted by atomic mass is 10.0. The van der Waals surface area contributed by atoms with E-state index < -0.39 is 15.8 Å². The van der Waals surface area contributed by atoms with Crippen LogP contribution in [0.1, 0.15) is 22.3 Å². The minimum absolute atomic E-state index is 0.0559. The van der Waals surface area contributed by atoms with Crippen molar-refractivity contribution in [1.29, 1.82) is 0 Å². The van der Waals surface area contributed by atoms with Gasteiger partial charge in [-0.2, -0.15) is 4.31 Å². The molecule has 0 aromatic heterocycles. The van der Waals surface area contributed by atoms with Crippen LogP contribution in [-0.2, 0) is 27.8 Å². The number of benzene rings is 3. The van der Waals surface area contributed by atoms with Crippen molar-refractivity contribution in [3.63, 3.8) is 0 Å². The number of hydrogen-bond donors (Lipinski definition) is 1. The standard InChI is InChI=1S/C25H25FN2O4S/c1-17-4-3-5-24(18(17)2)32-16-25(29)27-22-9-6-19-12-13-28(15-20(19)14-22)33(30,31)23-10-7-21(26)8-11-23/h3-11,14H,12-13,15-16H2,1-2H3,(H,27,29). The third-order valence-electron chi connectivity index (χ3n) is 5.83. The minimum Gasteiger partial charge on any atom is -0.483 e. The van der Waals surface area contributed by atoms with E-state index >= 15 is 0 Å². The topological polar surface area (TPSA) is 75.7 Å². The summed E-state index contributed by atoms with van der Waals surface area (Å²) in [6, 6.07) is 16.0. The summed E-state index contributed by atoms with van der Waals surface area (Å²) in [6.07, 6.45) is 0.555. The predicted molar refractivity (Wildman–Crippen MR) is 124 cm³/mol. The summed E-state index contributed by atoms with van der Waals surface area (Å²) >= 11 is 0. The molecule has 0 bridgehead atoms. The maximum Gasteiger partial charge on any atom is 0.262 e. The number of hydrogen-bond acceptors (Lipinski definition) is 4. The van der Waals surface area contributed by atoms with Crippen molar-refractivity contribution in [1.82, 2.24) is 4.31 Å². The van der Waals surface area contributed by atoms with Crippen molar-refractivity contribution in [2.45, 2.75) is 31.7 Å². The first-order valence-electron chi connectivity index (χ1n) is 10.6. The molecule has 1 amide bonds. The van der Waals surface area contributed by atoms with E-state index in [2.05, 4.69) is 5.32 Å². The molecule has 0 radical (unpaired) electrons. The number of amides is 1. The second-order valence-corrected chi connectivity index (χ2v) is 10.00. The van der Waals surface area contributed by atoms with Crippen LogP contribution in [0.4, 0.5) is 10.1 Å². The fourth-order valence-corrected chi connectivity index (χ4v) is 5.21. The van der Waals surface area contributed by atoms with Gasteiger partial charge in [0.1, 0.15) is 11.6 Å². The zero-order valence-electron chi connectivity index (χ0n) is 18.5. The van der Waals surface area contributed by atoms with Gasteiger partial charge in [0.2, 0.25) is 10.0 Å². The molecule has 1 heterocycles. The van der Waals surface area contributed by atoms with Crippen molar-refractivity contribution in [3.8, 4) is 5.75 Å². The van der Waals surface area contributed by atoms with Crippen LogP contribution in [0.15, 0.2) is 65.6 Å². The Hall–Kier alpha value is -3.23. The number of ether oxygens (including phenoxy) is 1. The molecule has 0 unspecified atom stereocenters. The summed E-state index contributed by atoms with van der Waals surface area (Å²) < 4.78 is 46.1. The number of halogens is 1. The first-order valence-corrected chi connectivity index (χ1v) is 12.0. The van der Waals surface area contributed by atoms with E-state index in [-0.39, 0.29) is 24.0 Å². The third-order valence-corrected chi connectivity index (χ3v) is 7.69. The second kappa shape index (κ2) is 9.33. The number of fused-ring (bicyclic) bond motifs is 1. The van der Waals surface area contributed by atoms with E-state index in [1.54, 1.807) is 12.1 Å². The van der Waals surface area contributed by atoms with Gasteiger partial charge in [-0.15, -0.1) is 0 Å². The van der Waals surface area contributed by atoms with Crippen LogP contribution in [0, 0.1) is 19.7 Å². The van der Waals surface area contributed by atoms with E-state index in [0.717, 1.165) is 34.4 Å². The Bertz CT molecular complexity index is 1290. The van der Waals surface area contributed by atoms with Gasteiger partial charge in [0, 0.05) is 18.8 Å². The van der Waals surface area contributed by atoms with E-state index in [1.165, 1.54) is 16.4 Å². The van der Waals surface area contributed by atoms with Gasteiger partial charge in [-0.3, -0.25) is 4.79 Å². The van der Waals surface area contributed by atoms with Gasteiger partial charge >= 0.3 is 0 Å². The molecule has 0 spiro atoms. The molecule has 6 nitrogen and oxygen atoms in total. The summed E-state index contributed by atoms with van der Waals surface area (Å²) in [7, 11) is -3.74. The molecular formula is C25H25FN2O4S. The average Bonchev–Trinajstić information content (AvgIpc) is 2.80. The zero-order chi connectivity index (χ0) is 23.6. The molecule has 33 heavy (non-hydrogen) atoms. The highest BCUT2D eigenvalue weighted by Crippen LogP contribution is 2.27. The molecule has 0 saturated carbocycles. The number of nitrogens with one attached hydrogen (secondary N) is 1. The van der Waals surface area contributed by atoms with Gasteiger partial charge in [0.25, 0.3) is 5.91 Å². The average molecular weight is 469 g/mol. The molecule has 8 heteroatoms. The molecule has 0 saturated heterocycles. The van der Waals surface area contributed by atoms with Crippen LogP contribution in [0.25, 0.3) is 0 Å². The van der Waals surface area contributed by atoms with E-state index in [0.29, 0.717) is 24.4 Å². The fourth-order valence-electron chi connectivity index (χ4n) is 3.79. The molecule has 3 aromatic rings. The molecule has 4 rings (SSSR count). The van der Waals surface area contributed by atoms with Gasteiger partial charge in [-0.1, -0.05) is 18.2 Å². The Labute approximate surface area is 193 Å². The number of aryl methyl sites for hydroxylation is 1. The summed E-state index contributed by atoms with van der Waals surface area (Å²) in [5.41, 5.74) is 4.50. The van der Waals surface area contributed by atoms with E-state index in [9.17, 15) is 17.6 Å². The number of carbonyl (C=O) groups excluding carboxylic acids is 1. The largest absolute Gasteiger partial charge is 0.483 e. The quantitative estimate of drug-likeness (QED) is 0.588. The summed E-state index contributed by atoms with van der Waals surface area (Å²) in [5, 5.41) is 2.81. The van der Waals surface area contributed by atoms with E-state index in [1.807, 2.05) is 38.1 Å². The van der Waals surface area contributed by atoms with Crippen LogP contribution in [0.5, 0.6) is 5.75 Å². The molecule has 1 aliphatic rings. The number of nitrogens with zero attached hydrogens (tertiary/aromatic N) is 1. The highest BCUT2D eigenvalue weighted by molar-refractivity contribution is 7.89. The number of anilines is 1. The van der Waals surface area contributed by atoms with Crippen LogP contribution < -0.4 is 10.1 Å². The lowest BCUT2D eigenvalue weighted by Gasteiger charge is -2.28. The van der Waals surface area contributed by atoms with Gasteiger partial charge in [0.15, 0.2) is 6.61 Å². The number of rotatable bonds is 6. The molecule has 0 aliphatic carbocycles. The van der Waals surface area contributed by atoms with Crippen LogP contribution in [0.2, 0.25) is 0 Å². The molecule has 1 N–H and O–H groups in total. The summed E-state index contributed by atoms with van der Waals surface area (Å²) in [6.45, 7) is 4.30. The molecule has 3 aromatic carbocycles. The Morgan fingerprint density at radius 3 is 2.58 bits per heavy atom. The first kappa shape index (κ1) is 22.9. The number of carbonyl (C=O) groups is 1. The highest BCUT2D eigenvalue weighted by atomic mass is 32.2. The smallest absolute Gasteiger partial charge is 0.262 e. The maximum atomic E-state index is 13.2. The van der Waals surface area contributed by atoms with Crippen LogP contribution >= 0.6 is 0 Å². The number of sulfonamides is 1.